The van der Waals surface area contributed by atoms with Gasteiger partial charge in [-0.3, -0.25) is 0 Å². The van der Waals surface area contributed by atoms with Crippen LogP contribution in [0.2, 0.25) is 0 Å². The first kappa shape index (κ1) is 7.17. The topological polar surface area (TPSA) is 47.4 Å². The van der Waals surface area contributed by atoms with Gasteiger partial charge in [0.1, 0.15) is 0 Å². The molecule has 0 spiro atoms. The largest absolute Gasteiger partial charge is 0.366 e. The molecular formula is C12H9N3. The van der Waals surface area contributed by atoms with Crippen LogP contribution in [0.3, 0.4) is 0 Å². The smallest absolute Gasteiger partial charge is 0.00918 e. The minimum absolute atomic E-state index is 1.28. The van der Waals surface area contributed by atoms with Gasteiger partial charge >= 0.3 is 0 Å². The highest BCUT2D eigenvalue weighted by molar-refractivity contribution is 6.25. The highest BCUT2D eigenvalue weighted by atomic mass is 14.7. The average molecular weight is 195 g/mol. The van der Waals surface area contributed by atoms with Crippen molar-refractivity contribution in [1.82, 2.24) is 15.0 Å². The van der Waals surface area contributed by atoms with E-state index < -0.39 is 0 Å². The Balaban J connectivity index is 2.56. The molecule has 0 fully saturated rings. The number of nitrogens with one attached hydrogen (secondary N) is 3. The zero-order valence-electron chi connectivity index (χ0n) is 7.96. The van der Waals surface area contributed by atoms with Crippen LogP contribution in [0.15, 0.2) is 37.2 Å². The highest BCUT2D eigenvalue weighted by Crippen LogP contribution is 2.34. The maximum atomic E-state index is 3.17. The normalized spacial score (nSPS) is 12.0. The lowest BCUT2D eigenvalue weighted by Crippen LogP contribution is -1.70. The summed E-state index contributed by atoms with van der Waals surface area (Å²) in [6.07, 6.45) is 12.3. The predicted molar refractivity (Wildman–Crippen MR) is 62.0 cm³/mol. The first-order valence-corrected chi connectivity index (χ1v) is 4.96. The van der Waals surface area contributed by atoms with E-state index in [2.05, 4.69) is 52.1 Å². The van der Waals surface area contributed by atoms with Crippen molar-refractivity contribution in [2.45, 2.75) is 0 Å². The second-order valence-corrected chi connectivity index (χ2v) is 3.85. The molecule has 4 aromatic rings. The molecule has 3 aromatic heterocycles. The number of H-pyrrole nitrogens is 3. The number of aromatic nitrogens is 3. The Hall–Kier alpha value is -2.16. The molecule has 3 heterocycles. The van der Waals surface area contributed by atoms with Crippen molar-refractivity contribution in [3.05, 3.63) is 37.2 Å². The summed E-state index contributed by atoms with van der Waals surface area (Å²) in [4.78, 5) is 9.52. The van der Waals surface area contributed by atoms with Crippen LogP contribution in [-0.4, -0.2) is 15.0 Å². The fraction of sp³-hybridized carbons (Fsp3) is 0. The molecule has 3 heteroatoms. The van der Waals surface area contributed by atoms with Gasteiger partial charge in [-0.25, -0.2) is 0 Å². The molecular weight excluding hydrogens is 186 g/mol. The predicted octanol–water partition coefficient (Wildman–Crippen LogP) is 3.13. The molecule has 1 aromatic carbocycles. The van der Waals surface area contributed by atoms with Gasteiger partial charge < -0.3 is 15.0 Å². The molecule has 0 bridgehead atoms. The molecule has 0 amide bonds. The summed E-state index contributed by atoms with van der Waals surface area (Å²) in [5.74, 6) is 0. The van der Waals surface area contributed by atoms with E-state index in [4.69, 9.17) is 0 Å². The van der Waals surface area contributed by atoms with Crippen LogP contribution >= 0.6 is 0 Å². The van der Waals surface area contributed by atoms with Crippen LogP contribution in [0.1, 0.15) is 0 Å². The first-order valence-electron chi connectivity index (χ1n) is 4.96. The summed E-state index contributed by atoms with van der Waals surface area (Å²) in [5, 5.41) is 7.66. The number of fused-ring (bicyclic) bond motifs is 6. The van der Waals surface area contributed by atoms with Crippen LogP contribution < -0.4 is 0 Å². The van der Waals surface area contributed by atoms with E-state index in [0.29, 0.717) is 0 Å². The van der Waals surface area contributed by atoms with E-state index in [0.717, 1.165) is 0 Å². The van der Waals surface area contributed by atoms with Crippen LogP contribution in [-0.2, 0) is 0 Å². The molecule has 0 aliphatic heterocycles. The third-order valence-electron chi connectivity index (χ3n) is 3.11. The number of rotatable bonds is 0. The minimum atomic E-state index is 1.28. The highest BCUT2D eigenvalue weighted by Gasteiger charge is 2.09. The van der Waals surface area contributed by atoms with Crippen molar-refractivity contribution < 1.29 is 0 Å². The van der Waals surface area contributed by atoms with Gasteiger partial charge in [-0.1, -0.05) is 0 Å². The monoisotopic (exact) mass is 195 g/mol. The van der Waals surface area contributed by atoms with Gasteiger partial charge in [0, 0.05) is 69.5 Å². The molecule has 15 heavy (non-hydrogen) atoms. The summed E-state index contributed by atoms with van der Waals surface area (Å²) >= 11 is 0. The van der Waals surface area contributed by atoms with Crippen LogP contribution in [0.5, 0.6) is 0 Å². The average Bonchev–Trinajstić information content (AvgIpc) is 2.97. The zero-order valence-corrected chi connectivity index (χ0v) is 7.96. The number of hydrogen-bond donors (Lipinski definition) is 3. The van der Waals surface area contributed by atoms with Crippen LogP contribution in [0.4, 0.5) is 0 Å². The minimum Gasteiger partial charge on any atom is -0.366 e. The van der Waals surface area contributed by atoms with E-state index in [1.54, 1.807) is 0 Å². The van der Waals surface area contributed by atoms with E-state index in [1.807, 2.05) is 0 Å². The zero-order chi connectivity index (χ0) is 9.83. The molecule has 0 unspecified atom stereocenters. The lowest BCUT2D eigenvalue weighted by Gasteiger charge is -1.96. The SMILES string of the molecule is c1[nH]cc2c1c1c[nH]cc1c1c[nH]cc21. The van der Waals surface area contributed by atoms with Crippen molar-refractivity contribution in [3.63, 3.8) is 0 Å². The molecule has 72 valence electrons. The second-order valence-electron chi connectivity index (χ2n) is 3.85. The number of benzene rings is 1. The van der Waals surface area contributed by atoms with Crippen molar-refractivity contribution >= 4 is 32.3 Å². The van der Waals surface area contributed by atoms with Gasteiger partial charge in [-0.15, -0.1) is 0 Å². The Morgan fingerprint density at radius 3 is 0.800 bits per heavy atom. The summed E-state index contributed by atoms with van der Waals surface area (Å²) in [7, 11) is 0. The summed E-state index contributed by atoms with van der Waals surface area (Å²) < 4.78 is 0. The van der Waals surface area contributed by atoms with Gasteiger partial charge in [0.25, 0.3) is 0 Å². The van der Waals surface area contributed by atoms with Gasteiger partial charge in [-0.2, -0.15) is 0 Å². The molecule has 0 radical (unpaired) electrons. The Morgan fingerprint density at radius 2 is 0.600 bits per heavy atom. The van der Waals surface area contributed by atoms with Gasteiger partial charge in [0.2, 0.25) is 0 Å². The first-order chi connectivity index (χ1) is 7.45. The van der Waals surface area contributed by atoms with E-state index in [1.165, 1.54) is 32.3 Å². The van der Waals surface area contributed by atoms with Crippen molar-refractivity contribution in [1.29, 1.82) is 0 Å². The lowest BCUT2D eigenvalue weighted by molar-refractivity contribution is 1.42. The fourth-order valence-corrected chi connectivity index (χ4v) is 2.43. The maximum absolute atomic E-state index is 3.17. The Morgan fingerprint density at radius 1 is 0.400 bits per heavy atom. The quantitative estimate of drug-likeness (QED) is 0.386. The summed E-state index contributed by atoms with van der Waals surface area (Å²) in [6.45, 7) is 0. The van der Waals surface area contributed by atoms with E-state index in [-0.39, 0.29) is 0 Å². The Labute approximate surface area is 85.1 Å². The molecule has 3 nitrogen and oxygen atoms in total. The Kier molecular flexibility index (Phi) is 1.08. The fourth-order valence-electron chi connectivity index (χ4n) is 2.43. The third-order valence-corrected chi connectivity index (χ3v) is 3.11. The molecule has 4 rings (SSSR count). The molecule has 0 aliphatic carbocycles. The standard InChI is InChI=1S/C12H9N3/c1-7-8(2-13-1)10-4-15-6-12(10)11-5-14-3-9(7)11/h1-6,13-15H. The Bertz CT molecular complexity index is 575. The summed E-state index contributed by atoms with van der Waals surface area (Å²) in [5.41, 5.74) is 0. The number of hydrogen-bond acceptors (Lipinski definition) is 0. The van der Waals surface area contributed by atoms with Crippen LogP contribution in [0.25, 0.3) is 32.3 Å². The maximum Gasteiger partial charge on any atom is 0.00918 e. The van der Waals surface area contributed by atoms with E-state index in [9.17, 15) is 0 Å². The van der Waals surface area contributed by atoms with E-state index >= 15 is 0 Å². The van der Waals surface area contributed by atoms with Gasteiger partial charge in [-0.05, 0) is 0 Å². The molecule has 3 N–H and O–H groups in total. The molecule has 0 saturated heterocycles. The molecule has 0 atom stereocenters. The summed E-state index contributed by atoms with van der Waals surface area (Å²) in [6, 6.07) is 0. The lowest BCUT2D eigenvalue weighted by atomic mass is 10.0. The van der Waals surface area contributed by atoms with Gasteiger partial charge in [0.05, 0.1) is 0 Å². The number of aromatic amines is 3. The van der Waals surface area contributed by atoms with Crippen molar-refractivity contribution in [2.24, 2.45) is 0 Å². The third kappa shape index (κ3) is 0.722. The second kappa shape index (κ2) is 2.25. The van der Waals surface area contributed by atoms with Gasteiger partial charge in [0.15, 0.2) is 0 Å². The molecule has 0 aliphatic rings. The molecule has 0 saturated carbocycles. The van der Waals surface area contributed by atoms with Crippen LogP contribution in [0, 0.1) is 0 Å². The van der Waals surface area contributed by atoms with Crippen molar-refractivity contribution in [2.75, 3.05) is 0 Å². The van der Waals surface area contributed by atoms with Crippen molar-refractivity contribution in [3.8, 4) is 0 Å².